The second-order valence-electron chi connectivity index (χ2n) is 7.72. The summed E-state index contributed by atoms with van der Waals surface area (Å²) in [6, 6.07) is 7.83. The minimum absolute atomic E-state index is 0. The van der Waals surface area contributed by atoms with Crippen molar-refractivity contribution in [3.05, 3.63) is 53.3 Å². The molecule has 1 aliphatic heterocycles. The van der Waals surface area contributed by atoms with Gasteiger partial charge < -0.3 is 15.1 Å². The van der Waals surface area contributed by atoms with Crippen molar-refractivity contribution in [3.8, 4) is 0 Å². The molecule has 1 amide bonds. The molecule has 8 heteroatoms. The van der Waals surface area contributed by atoms with Gasteiger partial charge in [0.2, 0.25) is 0 Å². The van der Waals surface area contributed by atoms with Crippen LogP contribution in [0.15, 0.2) is 41.7 Å². The van der Waals surface area contributed by atoms with E-state index in [1.807, 2.05) is 60.9 Å². The number of benzene rings is 1. The van der Waals surface area contributed by atoms with Crippen LogP contribution in [0.1, 0.15) is 54.6 Å². The monoisotopic (exact) mass is 538 g/mol. The maximum Gasteiger partial charge on any atom is 0.253 e. The summed E-state index contributed by atoms with van der Waals surface area (Å²) in [6.07, 6.45) is 5.19. The number of halogens is 1. The predicted molar refractivity (Wildman–Crippen MR) is 136 cm³/mol. The summed E-state index contributed by atoms with van der Waals surface area (Å²) in [5, 5.41) is 7.74. The molecule has 1 saturated heterocycles. The van der Waals surface area contributed by atoms with E-state index in [-0.39, 0.29) is 29.9 Å². The molecule has 2 heterocycles. The predicted octanol–water partition coefficient (Wildman–Crippen LogP) is 3.48. The zero-order valence-electron chi connectivity index (χ0n) is 19.0. The number of rotatable bonds is 7. The zero-order chi connectivity index (χ0) is 21.5. The highest BCUT2D eigenvalue weighted by atomic mass is 127. The van der Waals surface area contributed by atoms with Crippen LogP contribution in [0.3, 0.4) is 0 Å². The number of hydrogen-bond donors (Lipinski definition) is 1. The number of aromatic nitrogens is 2. The molecule has 170 valence electrons. The van der Waals surface area contributed by atoms with Crippen LogP contribution in [0, 0.1) is 0 Å². The Kier molecular flexibility index (Phi) is 9.80. The second-order valence-corrected chi connectivity index (χ2v) is 7.72. The van der Waals surface area contributed by atoms with Crippen molar-refractivity contribution >= 4 is 35.8 Å². The summed E-state index contributed by atoms with van der Waals surface area (Å²) < 4.78 is 1.87. The van der Waals surface area contributed by atoms with E-state index in [4.69, 9.17) is 4.99 Å². The number of nitrogens with one attached hydrogen (secondary N) is 1. The van der Waals surface area contributed by atoms with Crippen LogP contribution in [0.25, 0.3) is 0 Å². The van der Waals surface area contributed by atoms with E-state index < -0.39 is 0 Å². The number of aliphatic imine (C=N–C) groups is 1. The number of guanidine groups is 1. The van der Waals surface area contributed by atoms with Gasteiger partial charge in [-0.3, -0.25) is 9.48 Å². The smallest absolute Gasteiger partial charge is 0.253 e. The van der Waals surface area contributed by atoms with Gasteiger partial charge in [-0.15, -0.1) is 24.0 Å². The average molecular weight is 538 g/mol. The van der Waals surface area contributed by atoms with Gasteiger partial charge in [0.15, 0.2) is 5.96 Å². The largest absolute Gasteiger partial charge is 0.357 e. The number of carbonyl (C=O) groups is 1. The lowest BCUT2D eigenvalue weighted by atomic mass is 10.0. The van der Waals surface area contributed by atoms with Crippen molar-refractivity contribution in [3.63, 3.8) is 0 Å². The molecule has 31 heavy (non-hydrogen) atoms. The van der Waals surface area contributed by atoms with Crippen LogP contribution in [-0.2, 0) is 13.6 Å². The maximum atomic E-state index is 12.5. The van der Waals surface area contributed by atoms with Crippen molar-refractivity contribution < 1.29 is 4.79 Å². The van der Waals surface area contributed by atoms with Crippen LogP contribution < -0.4 is 5.32 Å². The van der Waals surface area contributed by atoms with Crippen LogP contribution in [0.5, 0.6) is 0 Å². The molecule has 0 radical (unpaired) electrons. The highest BCUT2D eigenvalue weighted by molar-refractivity contribution is 14.0. The van der Waals surface area contributed by atoms with Gasteiger partial charge in [-0.2, -0.15) is 5.10 Å². The molecule has 0 aliphatic carbocycles. The van der Waals surface area contributed by atoms with Gasteiger partial charge in [0, 0.05) is 57.4 Å². The van der Waals surface area contributed by atoms with Gasteiger partial charge in [0.05, 0.1) is 12.7 Å². The zero-order valence-corrected chi connectivity index (χ0v) is 21.4. The summed E-state index contributed by atoms with van der Waals surface area (Å²) >= 11 is 0. The normalized spacial score (nSPS) is 16.2. The highest BCUT2D eigenvalue weighted by Gasteiger charge is 2.26. The SMILES string of the molecule is CCNC(=NCc1ccc(C(=O)N(CC)CC)cc1)N1CCC(c2cnn(C)c2)C1.I. The van der Waals surface area contributed by atoms with Crippen molar-refractivity contribution in [2.24, 2.45) is 12.0 Å². The highest BCUT2D eigenvalue weighted by Crippen LogP contribution is 2.26. The Balaban J connectivity index is 0.00000341. The molecule has 7 nitrogen and oxygen atoms in total. The van der Waals surface area contributed by atoms with Crippen molar-refractivity contribution in [2.45, 2.75) is 39.7 Å². The second kappa shape index (κ2) is 12.1. The Morgan fingerprint density at radius 1 is 1.23 bits per heavy atom. The first-order valence-corrected chi connectivity index (χ1v) is 11.0. The molecule has 1 atom stereocenters. The summed E-state index contributed by atoms with van der Waals surface area (Å²) in [5.74, 6) is 1.53. The van der Waals surface area contributed by atoms with Crippen molar-refractivity contribution in [1.82, 2.24) is 24.9 Å². The number of aryl methyl sites for hydroxylation is 1. The van der Waals surface area contributed by atoms with E-state index in [2.05, 4.69) is 28.4 Å². The van der Waals surface area contributed by atoms with Gasteiger partial charge in [0.1, 0.15) is 0 Å². The Morgan fingerprint density at radius 2 is 1.94 bits per heavy atom. The molecule has 1 N–H and O–H groups in total. The van der Waals surface area contributed by atoms with Crippen molar-refractivity contribution in [2.75, 3.05) is 32.7 Å². The Hall–Kier alpha value is -2.10. The van der Waals surface area contributed by atoms with Crippen LogP contribution in [-0.4, -0.2) is 64.2 Å². The van der Waals surface area contributed by atoms with Gasteiger partial charge in [-0.05, 0) is 50.5 Å². The molecule has 2 aromatic rings. The molecule has 1 aromatic heterocycles. The number of amides is 1. The summed E-state index contributed by atoms with van der Waals surface area (Å²) in [4.78, 5) is 21.5. The molecular formula is C23H35IN6O. The van der Waals surface area contributed by atoms with Crippen LogP contribution in [0.4, 0.5) is 0 Å². The summed E-state index contributed by atoms with van der Waals surface area (Å²) in [6.45, 7) is 10.9. The molecule has 0 spiro atoms. The van der Waals surface area contributed by atoms with Gasteiger partial charge in [-0.1, -0.05) is 12.1 Å². The minimum Gasteiger partial charge on any atom is -0.357 e. The number of likely N-dealkylation sites (tertiary alicyclic amines) is 1. The van der Waals surface area contributed by atoms with Gasteiger partial charge >= 0.3 is 0 Å². The van der Waals surface area contributed by atoms with E-state index in [1.54, 1.807) is 0 Å². The number of nitrogens with zero attached hydrogens (tertiary/aromatic N) is 5. The molecule has 0 bridgehead atoms. The first-order valence-electron chi connectivity index (χ1n) is 11.0. The lowest BCUT2D eigenvalue weighted by molar-refractivity contribution is 0.0773. The minimum atomic E-state index is 0. The molecular weight excluding hydrogens is 503 g/mol. The molecule has 1 fully saturated rings. The molecule has 1 aromatic carbocycles. The maximum absolute atomic E-state index is 12.5. The first kappa shape index (κ1) is 25.2. The number of carbonyl (C=O) groups excluding carboxylic acids is 1. The fourth-order valence-electron chi connectivity index (χ4n) is 3.91. The molecule has 1 aliphatic rings. The topological polar surface area (TPSA) is 65.8 Å². The first-order chi connectivity index (χ1) is 14.5. The fourth-order valence-corrected chi connectivity index (χ4v) is 3.91. The third kappa shape index (κ3) is 6.44. The Morgan fingerprint density at radius 3 is 2.52 bits per heavy atom. The van der Waals surface area contributed by atoms with E-state index in [0.717, 1.165) is 56.2 Å². The number of hydrogen-bond acceptors (Lipinski definition) is 3. The summed E-state index contributed by atoms with van der Waals surface area (Å²) in [7, 11) is 1.96. The Bertz CT molecular complexity index is 859. The standard InChI is InChI=1S/C23H34N6O.HI/c1-5-24-23(29-13-12-20(17-29)21-15-26-27(4)16-21)25-14-18-8-10-19(11-9-18)22(30)28(6-2)7-3;/h8-11,15-16,20H,5-7,12-14,17H2,1-4H3,(H,24,25);1H. The van der Waals surface area contributed by atoms with E-state index in [9.17, 15) is 4.79 Å². The van der Waals surface area contributed by atoms with Crippen LogP contribution in [0.2, 0.25) is 0 Å². The lowest BCUT2D eigenvalue weighted by Crippen LogP contribution is -2.40. The van der Waals surface area contributed by atoms with Crippen LogP contribution >= 0.6 is 24.0 Å². The Labute approximate surface area is 202 Å². The fraction of sp³-hybridized carbons (Fsp3) is 0.522. The quantitative estimate of drug-likeness (QED) is 0.333. The average Bonchev–Trinajstić information content (AvgIpc) is 3.41. The summed E-state index contributed by atoms with van der Waals surface area (Å²) in [5.41, 5.74) is 3.13. The lowest BCUT2D eigenvalue weighted by Gasteiger charge is -2.21. The van der Waals surface area contributed by atoms with E-state index >= 15 is 0 Å². The van der Waals surface area contributed by atoms with Crippen molar-refractivity contribution in [1.29, 1.82) is 0 Å². The van der Waals surface area contributed by atoms with Gasteiger partial charge in [0.25, 0.3) is 5.91 Å². The molecule has 3 rings (SSSR count). The molecule has 1 unspecified atom stereocenters. The third-order valence-corrected chi connectivity index (χ3v) is 5.68. The molecule has 0 saturated carbocycles. The van der Waals surface area contributed by atoms with E-state index in [1.165, 1.54) is 5.56 Å². The van der Waals surface area contributed by atoms with E-state index in [0.29, 0.717) is 12.5 Å². The van der Waals surface area contributed by atoms with Gasteiger partial charge in [-0.25, -0.2) is 4.99 Å². The third-order valence-electron chi connectivity index (χ3n) is 5.68.